The highest BCUT2D eigenvalue weighted by Crippen LogP contribution is 1.93. The predicted molar refractivity (Wildman–Crippen MR) is 65.1 cm³/mol. The van der Waals surface area contributed by atoms with E-state index in [1.54, 1.807) is 0 Å². The van der Waals surface area contributed by atoms with Crippen LogP contribution in [0.5, 0.6) is 0 Å². The lowest BCUT2D eigenvalue weighted by Gasteiger charge is -2.14. The molecule has 0 saturated carbocycles. The molecule has 0 aliphatic carbocycles. The summed E-state index contributed by atoms with van der Waals surface area (Å²) in [5.74, 6) is -6.11. The van der Waals surface area contributed by atoms with Crippen molar-refractivity contribution in [2.75, 3.05) is 6.54 Å². The Hall–Kier alpha value is -2.69. The standard InChI is InChI=1S/C10H15N3O8/c11-4(1-7(15)16)9(19)12-3-6(14)13-5(10(20)21)2-8(17)18/h4-5H,1-3,11H2,(H,12,19)(H,13,14)(H,15,16)(H,17,18)(H,20,21). The quantitative estimate of drug-likeness (QED) is 0.256. The van der Waals surface area contributed by atoms with Gasteiger partial charge in [-0.1, -0.05) is 0 Å². The Bertz CT molecular complexity index is 450. The smallest absolute Gasteiger partial charge is 0.326 e. The van der Waals surface area contributed by atoms with Gasteiger partial charge in [0.15, 0.2) is 0 Å². The van der Waals surface area contributed by atoms with Gasteiger partial charge in [0.1, 0.15) is 6.04 Å². The predicted octanol–water partition coefficient (Wildman–Crippen LogP) is -3.05. The summed E-state index contributed by atoms with van der Waals surface area (Å²) in [6.07, 6.45) is -1.46. The molecule has 2 atom stereocenters. The maximum atomic E-state index is 11.3. The van der Waals surface area contributed by atoms with Crippen LogP contribution in [0.2, 0.25) is 0 Å². The third-order valence-corrected chi connectivity index (χ3v) is 2.17. The number of carbonyl (C=O) groups is 5. The lowest BCUT2D eigenvalue weighted by atomic mass is 10.2. The molecule has 0 rings (SSSR count). The molecule has 0 radical (unpaired) electrons. The van der Waals surface area contributed by atoms with Gasteiger partial charge in [0.25, 0.3) is 0 Å². The van der Waals surface area contributed by atoms with Gasteiger partial charge in [-0.15, -0.1) is 0 Å². The second kappa shape index (κ2) is 8.47. The fourth-order valence-corrected chi connectivity index (χ4v) is 1.20. The summed E-state index contributed by atoms with van der Waals surface area (Å²) in [6, 6.07) is -3.00. The van der Waals surface area contributed by atoms with Crippen LogP contribution >= 0.6 is 0 Å². The Morgan fingerprint density at radius 2 is 1.48 bits per heavy atom. The van der Waals surface area contributed by atoms with Gasteiger partial charge < -0.3 is 31.7 Å². The Kier molecular flexibility index (Phi) is 7.39. The number of hydrogen-bond acceptors (Lipinski definition) is 6. The highest BCUT2D eigenvalue weighted by molar-refractivity contribution is 5.91. The number of nitrogens with one attached hydrogen (secondary N) is 2. The van der Waals surface area contributed by atoms with Gasteiger partial charge in [0, 0.05) is 0 Å². The molecule has 0 aliphatic heterocycles. The summed E-state index contributed by atoms with van der Waals surface area (Å²) < 4.78 is 0. The van der Waals surface area contributed by atoms with Crippen LogP contribution in [-0.2, 0) is 24.0 Å². The van der Waals surface area contributed by atoms with E-state index in [-0.39, 0.29) is 0 Å². The first-order valence-electron chi connectivity index (χ1n) is 5.62. The maximum Gasteiger partial charge on any atom is 0.326 e. The third-order valence-electron chi connectivity index (χ3n) is 2.17. The lowest BCUT2D eigenvalue weighted by Crippen LogP contribution is -2.49. The molecule has 0 bridgehead atoms. The fraction of sp³-hybridized carbons (Fsp3) is 0.500. The van der Waals surface area contributed by atoms with Gasteiger partial charge in [-0.25, -0.2) is 4.79 Å². The largest absolute Gasteiger partial charge is 0.481 e. The topological polar surface area (TPSA) is 196 Å². The summed E-state index contributed by atoms with van der Waals surface area (Å²) in [7, 11) is 0. The number of hydrogen-bond donors (Lipinski definition) is 6. The Labute approximate surface area is 118 Å². The van der Waals surface area contributed by atoms with Crippen LogP contribution in [0, 0.1) is 0 Å². The average Bonchev–Trinajstić information content (AvgIpc) is 2.33. The molecule has 0 aromatic rings. The number of carbonyl (C=O) groups excluding carboxylic acids is 2. The van der Waals surface area contributed by atoms with Crippen LogP contribution in [0.4, 0.5) is 0 Å². The van der Waals surface area contributed by atoms with Crippen molar-refractivity contribution >= 4 is 29.7 Å². The second-order valence-corrected chi connectivity index (χ2v) is 3.98. The monoisotopic (exact) mass is 305 g/mol. The molecular weight excluding hydrogens is 290 g/mol. The van der Waals surface area contributed by atoms with Crippen LogP contribution < -0.4 is 16.4 Å². The highest BCUT2D eigenvalue weighted by Gasteiger charge is 2.23. The van der Waals surface area contributed by atoms with Gasteiger partial charge in [0.2, 0.25) is 11.8 Å². The van der Waals surface area contributed by atoms with E-state index in [0.29, 0.717) is 0 Å². The molecule has 11 nitrogen and oxygen atoms in total. The van der Waals surface area contributed by atoms with E-state index >= 15 is 0 Å². The van der Waals surface area contributed by atoms with Gasteiger partial charge in [-0.05, 0) is 0 Å². The van der Waals surface area contributed by atoms with Gasteiger partial charge >= 0.3 is 17.9 Å². The summed E-state index contributed by atoms with van der Waals surface area (Å²) in [5, 5.41) is 29.5. The molecule has 21 heavy (non-hydrogen) atoms. The number of amides is 2. The van der Waals surface area contributed by atoms with Gasteiger partial charge in [-0.3, -0.25) is 19.2 Å². The summed E-state index contributed by atoms with van der Waals surface area (Å²) in [4.78, 5) is 54.0. The van der Waals surface area contributed by atoms with E-state index in [0.717, 1.165) is 0 Å². The maximum absolute atomic E-state index is 11.3. The van der Waals surface area contributed by atoms with Crippen molar-refractivity contribution in [2.45, 2.75) is 24.9 Å². The minimum Gasteiger partial charge on any atom is -0.481 e. The number of rotatable bonds is 9. The normalized spacial score (nSPS) is 12.8. The molecule has 0 fully saturated rings. The molecule has 0 aliphatic rings. The van der Waals surface area contributed by atoms with Crippen molar-refractivity contribution in [2.24, 2.45) is 5.73 Å². The summed E-state index contributed by atoms with van der Waals surface area (Å²) in [6.45, 7) is -0.657. The number of carboxylic acids is 3. The molecule has 2 unspecified atom stereocenters. The van der Waals surface area contributed by atoms with Crippen molar-refractivity contribution in [1.29, 1.82) is 0 Å². The fourth-order valence-electron chi connectivity index (χ4n) is 1.20. The van der Waals surface area contributed by atoms with Crippen LogP contribution in [0.1, 0.15) is 12.8 Å². The summed E-state index contributed by atoms with van der Waals surface area (Å²) in [5.41, 5.74) is 5.22. The SMILES string of the molecule is NC(CC(=O)O)C(=O)NCC(=O)NC(CC(=O)O)C(=O)O. The molecular formula is C10H15N3O8. The van der Waals surface area contributed by atoms with Crippen LogP contribution in [0.3, 0.4) is 0 Å². The van der Waals surface area contributed by atoms with Crippen LogP contribution in [0.25, 0.3) is 0 Å². The molecule has 7 N–H and O–H groups in total. The molecule has 0 aromatic carbocycles. The molecule has 2 amide bonds. The number of carboxylic acid groups (broad SMARTS) is 3. The number of aliphatic carboxylic acids is 3. The van der Waals surface area contributed by atoms with Crippen molar-refractivity contribution in [1.82, 2.24) is 10.6 Å². The molecule has 0 saturated heterocycles. The average molecular weight is 305 g/mol. The Morgan fingerprint density at radius 1 is 0.952 bits per heavy atom. The Morgan fingerprint density at radius 3 is 1.90 bits per heavy atom. The zero-order valence-corrected chi connectivity index (χ0v) is 10.7. The third kappa shape index (κ3) is 8.15. The molecule has 0 aromatic heterocycles. The van der Waals surface area contributed by atoms with Crippen LogP contribution in [0.15, 0.2) is 0 Å². The zero-order chi connectivity index (χ0) is 16.6. The molecule has 0 spiro atoms. The van der Waals surface area contributed by atoms with Crippen molar-refractivity contribution in [3.63, 3.8) is 0 Å². The van der Waals surface area contributed by atoms with Crippen molar-refractivity contribution in [3.8, 4) is 0 Å². The second-order valence-electron chi connectivity index (χ2n) is 3.98. The van der Waals surface area contributed by atoms with Crippen LogP contribution in [-0.4, -0.2) is 63.7 Å². The zero-order valence-electron chi connectivity index (χ0n) is 10.7. The van der Waals surface area contributed by atoms with Gasteiger partial charge in [-0.2, -0.15) is 0 Å². The van der Waals surface area contributed by atoms with E-state index in [4.69, 9.17) is 21.1 Å². The minimum absolute atomic E-state index is 0.635. The van der Waals surface area contributed by atoms with E-state index in [1.807, 2.05) is 10.6 Å². The molecule has 11 heteroatoms. The summed E-state index contributed by atoms with van der Waals surface area (Å²) >= 11 is 0. The molecule has 118 valence electrons. The minimum atomic E-state index is -1.64. The lowest BCUT2D eigenvalue weighted by molar-refractivity contribution is -0.147. The van der Waals surface area contributed by atoms with Gasteiger partial charge in [0.05, 0.1) is 25.4 Å². The highest BCUT2D eigenvalue weighted by atomic mass is 16.4. The van der Waals surface area contributed by atoms with E-state index in [2.05, 4.69) is 0 Å². The first-order valence-corrected chi connectivity index (χ1v) is 5.62. The Balaban J connectivity index is 4.30. The number of nitrogens with two attached hydrogens (primary N) is 1. The first-order chi connectivity index (χ1) is 9.63. The van der Waals surface area contributed by atoms with Crippen molar-refractivity contribution < 1.29 is 39.3 Å². The molecule has 0 heterocycles. The first kappa shape index (κ1) is 18.3. The van der Waals surface area contributed by atoms with E-state index in [1.165, 1.54) is 0 Å². The van der Waals surface area contributed by atoms with Crippen molar-refractivity contribution in [3.05, 3.63) is 0 Å². The van der Waals surface area contributed by atoms with E-state index in [9.17, 15) is 24.0 Å². The van der Waals surface area contributed by atoms with E-state index < -0.39 is 61.2 Å².